The fraction of sp³-hybridized carbons (Fsp3) is 0. The summed E-state index contributed by atoms with van der Waals surface area (Å²) in [5, 5.41) is 0. The maximum atomic E-state index is 5.34. The van der Waals surface area contributed by atoms with Crippen LogP contribution in [0.3, 0.4) is 0 Å². The van der Waals surface area contributed by atoms with E-state index in [0.717, 1.165) is 50.5 Å². The van der Waals surface area contributed by atoms with Gasteiger partial charge in [0, 0.05) is 38.6 Å². The zero-order chi connectivity index (χ0) is 21.0. The summed E-state index contributed by atoms with van der Waals surface area (Å²) in [6, 6.07) is 26.4. The summed E-state index contributed by atoms with van der Waals surface area (Å²) in [6.45, 7) is 0. The molecule has 0 atom stereocenters. The molecule has 3 aromatic heterocycles. The molecule has 4 aromatic rings. The number of anilines is 1. The van der Waals surface area contributed by atoms with Crippen LogP contribution in [0.25, 0.3) is 46.4 Å². The Labute approximate surface area is 195 Å². The number of nitrogen functional groups attached to an aromatic ring is 1. The second kappa shape index (κ2) is 9.50. The Balaban J connectivity index is 0.000000265. The molecule has 2 aliphatic heterocycles. The van der Waals surface area contributed by atoms with Gasteiger partial charge in [0.2, 0.25) is 0 Å². The van der Waals surface area contributed by atoms with Crippen LogP contribution < -0.4 is 5.73 Å². The van der Waals surface area contributed by atoms with Gasteiger partial charge in [0.05, 0.1) is 22.8 Å². The van der Waals surface area contributed by atoms with Gasteiger partial charge in [0.15, 0.2) is 0 Å². The Morgan fingerprint density at radius 3 is 1.38 bits per heavy atom. The fourth-order valence-corrected chi connectivity index (χ4v) is 3.34. The van der Waals surface area contributed by atoms with Crippen molar-refractivity contribution in [3.63, 3.8) is 0 Å². The van der Waals surface area contributed by atoms with Crippen LogP contribution in [-0.4, -0.2) is 19.9 Å². The third kappa shape index (κ3) is 5.23. The van der Waals surface area contributed by atoms with E-state index in [1.165, 1.54) is 0 Å². The van der Waals surface area contributed by atoms with E-state index in [2.05, 4.69) is 56.3 Å². The number of nitrogens with two attached hydrogens (primary N) is 1. The van der Waals surface area contributed by atoms with Crippen LogP contribution in [0.1, 0.15) is 22.8 Å². The normalized spacial score (nSPS) is 11.4. The van der Waals surface area contributed by atoms with Gasteiger partial charge in [-0.25, -0.2) is 9.97 Å². The third-order valence-corrected chi connectivity index (χ3v) is 4.79. The van der Waals surface area contributed by atoms with E-state index in [9.17, 15) is 0 Å². The predicted octanol–water partition coefficient (Wildman–Crippen LogP) is 5.72. The van der Waals surface area contributed by atoms with E-state index in [0.29, 0.717) is 0 Å². The van der Waals surface area contributed by atoms with E-state index in [1.54, 1.807) is 24.3 Å². The quantitative estimate of drug-likeness (QED) is 0.154. The molecule has 160 valence electrons. The number of aromatic nitrogens is 4. The molecule has 0 aliphatic carbocycles. The molecule has 0 radical (unpaired) electrons. The van der Waals surface area contributed by atoms with Crippen LogP contribution in [0.15, 0.2) is 72.8 Å². The minimum atomic E-state index is 0. The van der Waals surface area contributed by atoms with Crippen LogP contribution >= 0.6 is 0 Å². The first-order chi connectivity index (χ1) is 15.2. The molecule has 32 heavy (non-hydrogen) atoms. The Bertz CT molecular complexity index is 1360. The standard InChI is InChI=1S/C20H14N4.C6H6N.Ni/c1-2-14-10-16-5-6-18(23-16)12-20-8-7-19(24-20)11-17-4-3-15(22-17)9-13(1)21-14;7-6-4-2-1-3-5-6;/h1-12,21-22H;2-5H,7H2;/q;-1;. The van der Waals surface area contributed by atoms with Crippen LogP contribution in [0.5, 0.6) is 0 Å². The molecular weight excluding hydrogens is 441 g/mol. The van der Waals surface area contributed by atoms with Crippen LogP contribution in [0.2, 0.25) is 0 Å². The molecule has 0 fully saturated rings. The molecule has 2 aliphatic rings. The molecule has 6 rings (SSSR count). The molecule has 1 aromatic carbocycles. The second-order valence-electron chi connectivity index (χ2n) is 7.24. The van der Waals surface area contributed by atoms with Gasteiger partial charge in [-0.3, -0.25) is 0 Å². The van der Waals surface area contributed by atoms with Crippen molar-refractivity contribution in [3.05, 3.63) is 102 Å². The van der Waals surface area contributed by atoms with Crippen molar-refractivity contribution in [2.24, 2.45) is 0 Å². The van der Waals surface area contributed by atoms with E-state index in [4.69, 9.17) is 5.73 Å². The van der Waals surface area contributed by atoms with Gasteiger partial charge in [-0.1, -0.05) is 5.69 Å². The summed E-state index contributed by atoms with van der Waals surface area (Å²) in [5.41, 5.74) is 14.0. The summed E-state index contributed by atoms with van der Waals surface area (Å²) in [4.78, 5) is 16.0. The molecule has 0 saturated heterocycles. The molecule has 4 N–H and O–H groups in total. The molecule has 0 unspecified atom stereocenters. The summed E-state index contributed by atoms with van der Waals surface area (Å²) in [5.74, 6) is 0. The van der Waals surface area contributed by atoms with Crippen LogP contribution in [0, 0.1) is 6.07 Å². The molecule has 5 heterocycles. The van der Waals surface area contributed by atoms with Gasteiger partial charge < -0.3 is 15.7 Å². The molecular formula is C26H20N5Ni-. The zero-order valence-corrected chi connectivity index (χ0v) is 18.0. The first kappa shape index (κ1) is 21.3. The molecule has 5 nitrogen and oxygen atoms in total. The number of nitrogens with one attached hydrogen (secondary N) is 2. The number of hydrogen-bond acceptors (Lipinski definition) is 3. The number of benzene rings is 1. The van der Waals surface area contributed by atoms with Crippen molar-refractivity contribution in [3.8, 4) is 0 Å². The third-order valence-electron chi connectivity index (χ3n) is 4.79. The largest absolute Gasteiger partial charge is 0.419 e. The summed E-state index contributed by atoms with van der Waals surface area (Å²) in [7, 11) is 0. The van der Waals surface area contributed by atoms with E-state index >= 15 is 0 Å². The zero-order valence-electron chi connectivity index (χ0n) is 17.0. The van der Waals surface area contributed by atoms with E-state index < -0.39 is 0 Å². The van der Waals surface area contributed by atoms with Gasteiger partial charge in [0.1, 0.15) is 0 Å². The number of nitrogens with zero attached hydrogens (tertiary/aromatic N) is 2. The first-order valence-corrected chi connectivity index (χ1v) is 9.96. The van der Waals surface area contributed by atoms with Crippen molar-refractivity contribution < 1.29 is 16.5 Å². The Hall–Kier alpha value is -3.89. The SMILES string of the molecule is C1=Cc2cc3ccc(cc4ccc(cc5nc(cc1n2)C=C5)[nH]4)[nH]3.Nc1cc[c-]cc1.[Ni]. The summed E-state index contributed by atoms with van der Waals surface area (Å²) >= 11 is 0. The molecule has 8 bridgehead atoms. The van der Waals surface area contributed by atoms with E-state index in [-0.39, 0.29) is 16.5 Å². The van der Waals surface area contributed by atoms with Crippen LogP contribution in [-0.2, 0) is 16.5 Å². The van der Waals surface area contributed by atoms with Crippen molar-refractivity contribution >= 4 is 52.1 Å². The number of aromatic amines is 2. The Morgan fingerprint density at radius 1 is 0.562 bits per heavy atom. The van der Waals surface area contributed by atoms with Gasteiger partial charge >= 0.3 is 0 Å². The smallest absolute Gasteiger partial charge is 0.0659 e. The maximum Gasteiger partial charge on any atom is 0.0659 e. The topological polar surface area (TPSA) is 83.4 Å². The predicted molar refractivity (Wildman–Crippen MR) is 129 cm³/mol. The van der Waals surface area contributed by atoms with Crippen molar-refractivity contribution in [1.29, 1.82) is 0 Å². The monoisotopic (exact) mass is 460 g/mol. The summed E-state index contributed by atoms with van der Waals surface area (Å²) in [6.07, 6.45) is 8.05. The van der Waals surface area contributed by atoms with Gasteiger partial charge in [0.25, 0.3) is 0 Å². The number of hydrogen-bond donors (Lipinski definition) is 3. The molecule has 6 heteroatoms. The van der Waals surface area contributed by atoms with Crippen molar-refractivity contribution in [2.75, 3.05) is 5.73 Å². The van der Waals surface area contributed by atoms with Gasteiger partial charge in [-0.05, 0) is 72.8 Å². The number of rotatable bonds is 0. The average Bonchev–Trinajstić information content (AvgIpc) is 3.55. The van der Waals surface area contributed by atoms with E-state index in [1.807, 2.05) is 42.5 Å². The molecule has 0 saturated carbocycles. The molecule has 0 amide bonds. The van der Waals surface area contributed by atoms with Crippen molar-refractivity contribution in [2.45, 2.75) is 0 Å². The number of fused-ring (bicyclic) bond motifs is 8. The van der Waals surface area contributed by atoms with Crippen molar-refractivity contribution in [1.82, 2.24) is 19.9 Å². The Kier molecular flexibility index (Phi) is 6.34. The average molecular weight is 461 g/mol. The van der Waals surface area contributed by atoms with Gasteiger partial charge in [-0.15, -0.1) is 12.1 Å². The van der Waals surface area contributed by atoms with Crippen LogP contribution in [0.4, 0.5) is 5.69 Å². The minimum absolute atomic E-state index is 0. The Morgan fingerprint density at radius 2 is 0.969 bits per heavy atom. The second-order valence-corrected chi connectivity index (χ2v) is 7.24. The van der Waals surface area contributed by atoms with Gasteiger partial charge in [-0.2, -0.15) is 18.2 Å². The maximum absolute atomic E-state index is 5.34. The minimum Gasteiger partial charge on any atom is -0.419 e. The fourth-order valence-electron chi connectivity index (χ4n) is 3.34. The molecule has 0 spiro atoms. The number of H-pyrrole nitrogens is 2. The summed E-state index contributed by atoms with van der Waals surface area (Å²) < 4.78 is 0. The first-order valence-electron chi connectivity index (χ1n) is 9.96.